The van der Waals surface area contributed by atoms with E-state index in [0.29, 0.717) is 42.2 Å². The number of anilines is 3. The largest absolute Gasteiger partial charge is 0.507 e. The molecule has 7 heterocycles. The number of carbonyl (C=O) groups excluding carboxylic acids is 3. The van der Waals surface area contributed by atoms with Crippen LogP contribution in [-0.2, 0) is 22.7 Å². The summed E-state index contributed by atoms with van der Waals surface area (Å²) in [6, 6.07) is 16.9. The van der Waals surface area contributed by atoms with Gasteiger partial charge in [0.05, 0.1) is 23.5 Å². The molecule has 0 bridgehead atoms. The lowest BCUT2D eigenvalue weighted by atomic mass is 9.89. The van der Waals surface area contributed by atoms with Gasteiger partial charge in [0.2, 0.25) is 17.7 Å². The maximum Gasteiger partial charge on any atom is 0.255 e. The maximum atomic E-state index is 13.4. The third-order valence-corrected chi connectivity index (χ3v) is 12.4. The Morgan fingerprint density at radius 1 is 1.00 bits per heavy atom. The number of aromatic hydroxyl groups is 1. The van der Waals surface area contributed by atoms with E-state index in [4.69, 9.17) is 9.72 Å². The van der Waals surface area contributed by atoms with Gasteiger partial charge in [-0.1, -0.05) is 25.1 Å². The van der Waals surface area contributed by atoms with E-state index < -0.39 is 11.9 Å². The Kier molecular flexibility index (Phi) is 9.02. The number of phenolic OH excluding ortho intramolecular Hbond substituents is 1. The number of hydrogen-bond acceptors (Lipinski definition) is 12. The summed E-state index contributed by atoms with van der Waals surface area (Å²) in [5.74, 6) is 0.847. The predicted molar refractivity (Wildman–Crippen MR) is 211 cm³/mol. The van der Waals surface area contributed by atoms with Crippen molar-refractivity contribution in [1.29, 1.82) is 0 Å². The number of carbonyl (C=O) groups is 3. The molecule has 3 unspecified atom stereocenters. The fourth-order valence-electron chi connectivity index (χ4n) is 9.36. The summed E-state index contributed by atoms with van der Waals surface area (Å²) in [4.78, 5) is 53.3. The van der Waals surface area contributed by atoms with E-state index in [9.17, 15) is 19.5 Å². The van der Waals surface area contributed by atoms with Crippen molar-refractivity contribution in [2.24, 2.45) is 0 Å². The minimum absolute atomic E-state index is 0.0591. The summed E-state index contributed by atoms with van der Waals surface area (Å²) in [7, 11) is 2.07. The number of amides is 3. The highest BCUT2D eigenvalue weighted by Gasteiger charge is 2.50. The van der Waals surface area contributed by atoms with E-state index in [1.54, 1.807) is 17.0 Å². The van der Waals surface area contributed by atoms with Crippen LogP contribution in [0, 0.1) is 6.92 Å². The second-order valence-corrected chi connectivity index (χ2v) is 15.9. The monoisotopic (exact) mass is 757 g/mol. The van der Waals surface area contributed by atoms with E-state index in [1.165, 1.54) is 0 Å². The van der Waals surface area contributed by atoms with Crippen molar-refractivity contribution in [1.82, 2.24) is 30.3 Å². The van der Waals surface area contributed by atoms with Crippen LogP contribution < -0.4 is 24.8 Å². The Hall–Kier alpha value is -5.76. The van der Waals surface area contributed by atoms with Crippen molar-refractivity contribution >= 4 is 34.9 Å². The smallest absolute Gasteiger partial charge is 0.255 e. The number of fused-ring (bicyclic) bond motifs is 4. The summed E-state index contributed by atoms with van der Waals surface area (Å²) in [5.41, 5.74) is 6.88. The second kappa shape index (κ2) is 14.1. The number of hydrogen-bond donors (Lipinski definition) is 2. The molecule has 3 fully saturated rings. The molecule has 5 aliphatic rings. The molecular formula is C42H47N9O5. The first-order valence-corrected chi connectivity index (χ1v) is 19.6. The summed E-state index contributed by atoms with van der Waals surface area (Å²) in [5, 5.41) is 22.0. The van der Waals surface area contributed by atoms with Gasteiger partial charge in [0, 0.05) is 94.3 Å². The summed E-state index contributed by atoms with van der Waals surface area (Å²) in [6.07, 6.45) is 4.27. The van der Waals surface area contributed by atoms with Crippen molar-refractivity contribution in [3.8, 4) is 22.9 Å². The lowest BCUT2D eigenvalue weighted by Crippen LogP contribution is -2.55. The van der Waals surface area contributed by atoms with E-state index >= 15 is 0 Å². The number of para-hydroxylation sites is 1. The molecule has 14 nitrogen and oxygen atoms in total. The zero-order chi connectivity index (χ0) is 38.7. The van der Waals surface area contributed by atoms with Gasteiger partial charge in [-0.25, -0.2) is 4.98 Å². The van der Waals surface area contributed by atoms with Gasteiger partial charge in [-0.15, -0.1) is 10.2 Å². The molecule has 0 radical (unpaired) electrons. The molecule has 3 saturated heterocycles. The number of nitrogens with zero attached hydrogens (tertiary/aromatic N) is 8. The van der Waals surface area contributed by atoms with E-state index in [-0.39, 0.29) is 35.6 Å². The number of piperidine rings is 1. The van der Waals surface area contributed by atoms with E-state index in [1.807, 2.05) is 36.5 Å². The fourth-order valence-corrected chi connectivity index (χ4v) is 9.36. The Bertz CT molecular complexity index is 2220. The highest BCUT2D eigenvalue weighted by molar-refractivity contribution is 6.05. The van der Waals surface area contributed by atoms with Crippen LogP contribution in [0.4, 0.5) is 17.2 Å². The van der Waals surface area contributed by atoms with Crippen LogP contribution in [0.25, 0.3) is 11.3 Å². The molecule has 9 rings (SSSR count). The maximum absolute atomic E-state index is 13.4. The van der Waals surface area contributed by atoms with Crippen LogP contribution in [0.1, 0.15) is 59.7 Å². The molecule has 3 amide bonds. The van der Waals surface area contributed by atoms with Gasteiger partial charge in [0.15, 0.2) is 5.82 Å². The fraction of sp³-hybridized carbons (Fsp3) is 0.429. The highest BCUT2D eigenvalue weighted by atomic mass is 16.5. The molecule has 0 saturated carbocycles. The molecule has 4 aromatic rings. The Labute approximate surface area is 326 Å². The number of nitrogens with one attached hydrogen (secondary N) is 1. The SMILES string of the molecule is CCC12CC(Oc3ncc(CN4CCN(c5ccc6c(c5)C(=O)N(C5CCC(=O)NC5=O)C6)CC4)cc3C)CN1c1cc(-c3ccccc3O)nnc1N(C)C2. The number of rotatable bonds is 8. The van der Waals surface area contributed by atoms with E-state index in [0.717, 1.165) is 86.0 Å². The number of aryl methyl sites for hydroxylation is 1. The second-order valence-electron chi connectivity index (χ2n) is 15.9. The first kappa shape index (κ1) is 35.9. The third kappa shape index (κ3) is 6.35. The number of aromatic nitrogens is 3. The highest BCUT2D eigenvalue weighted by Crippen LogP contribution is 2.47. The average molecular weight is 758 g/mol. The summed E-state index contributed by atoms with van der Waals surface area (Å²) in [6.45, 7) is 10.4. The molecule has 5 aliphatic heterocycles. The lowest BCUT2D eigenvalue weighted by Gasteiger charge is -2.47. The van der Waals surface area contributed by atoms with Crippen molar-refractivity contribution in [2.45, 2.75) is 70.3 Å². The number of pyridine rings is 1. The van der Waals surface area contributed by atoms with Crippen LogP contribution in [-0.4, -0.2) is 112 Å². The van der Waals surface area contributed by atoms with E-state index in [2.05, 4.69) is 68.1 Å². The van der Waals surface area contributed by atoms with Gasteiger partial charge >= 0.3 is 0 Å². The van der Waals surface area contributed by atoms with Crippen molar-refractivity contribution in [3.05, 3.63) is 83.0 Å². The van der Waals surface area contributed by atoms with Crippen molar-refractivity contribution < 1.29 is 24.2 Å². The first-order chi connectivity index (χ1) is 27.1. The normalized spacial score (nSPS) is 23.6. The number of ether oxygens (including phenoxy) is 1. The quantitative estimate of drug-likeness (QED) is 0.252. The summed E-state index contributed by atoms with van der Waals surface area (Å²) >= 11 is 0. The molecule has 290 valence electrons. The van der Waals surface area contributed by atoms with Gasteiger partial charge in [0.1, 0.15) is 17.9 Å². The Morgan fingerprint density at radius 3 is 2.59 bits per heavy atom. The van der Waals surface area contributed by atoms with Gasteiger partial charge < -0.3 is 29.4 Å². The standard InChI is InChI=1S/C42H47N9O5/c1-4-42-20-30(24-51(42)35-19-33(31-7-5-6-8-36(31)52)45-46-38(35)47(3)25-42)56-40-26(2)17-27(21-43-40)22-48-13-15-49(16-14-48)29-10-9-28-23-50(41(55)32(28)18-29)34-11-12-37(53)44-39(34)54/h5-10,17-19,21,30,34,52H,4,11-16,20,22-25H2,1-3H3,(H,44,53,54). The van der Waals surface area contributed by atoms with Crippen molar-refractivity contribution in [2.75, 3.05) is 61.0 Å². The third-order valence-electron chi connectivity index (χ3n) is 12.4. The molecule has 0 spiro atoms. The topological polar surface area (TPSA) is 148 Å². The minimum atomic E-state index is -0.612. The molecule has 2 aromatic heterocycles. The zero-order valence-corrected chi connectivity index (χ0v) is 32.1. The Morgan fingerprint density at radius 2 is 1.82 bits per heavy atom. The number of phenols is 1. The molecule has 14 heteroatoms. The molecule has 2 N–H and O–H groups in total. The number of benzene rings is 2. The molecule has 56 heavy (non-hydrogen) atoms. The number of imide groups is 1. The molecule has 3 atom stereocenters. The van der Waals surface area contributed by atoms with Crippen molar-refractivity contribution in [3.63, 3.8) is 0 Å². The first-order valence-electron chi connectivity index (χ1n) is 19.6. The van der Waals surface area contributed by atoms with Gasteiger partial charge in [0.25, 0.3) is 5.91 Å². The molecule has 2 aromatic carbocycles. The minimum Gasteiger partial charge on any atom is -0.507 e. The van der Waals surface area contributed by atoms with Gasteiger partial charge in [-0.3, -0.25) is 24.6 Å². The van der Waals surface area contributed by atoms with Gasteiger partial charge in [-0.2, -0.15) is 0 Å². The number of likely N-dealkylation sites (N-methyl/N-ethyl adjacent to an activating group) is 1. The van der Waals surface area contributed by atoms with Crippen LogP contribution in [0.2, 0.25) is 0 Å². The van der Waals surface area contributed by atoms with Crippen LogP contribution in [0.15, 0.2) is 60.8 Å². The van der Waals surface area contributed by atoms with Crippen LogP contribution >= 0.6 is 0 Å². The Balaban J connectivity index is 0.823. The van der Waals surface area contributed by atoms with Gasteiger partial charge in [-0.05, 0) is 67.3 Å². The molecule has 0 aliphatic carbocycles. The molecular weight excluding hydrogens is 711 g/mol. The van der Waals surface area contributed by atoms with Crippen LogP contribution in [0.3, 0.4) is 0 Å². The number of piperazine rings is 1. The predicted octanol–water partition coefficient (Wildman–Crippen LogP) is 3.89. The summed E-state index contributed by atoms with van der Waals surface area (Å²) < 4.78 is 6.68. The van der Waals surface area contributed by atoms with Crippen LogP contribution in [0.5, 0.6) is 11.6 Å². The average Bonchev–Trinajstić information content (AvgIpc) is 3.73. The zero-order valence-electron chi connectivity index (χ0n) is 32.1. The lowest BCUT2D eigenvalue weighted by molar-refractivity contribution is -0.136.